The largest absolute Gasteiger partial charge is 0.365 e. The molecule has 0 bridgehead atoms. The average molecular weight is 312 g/mol. The van der Waals surface area contributed by atoms with Gasteiger partial charge in [0.25, 0.3) is 0 Å². The zero-order valence-corrected chi connectivity index (χ0v) is 13.6. The van der Waals surface area contributed by atoms with Gasteiger partial charge in [0.05, 0.1) is 11.6 Å². The molecule has 3 aromatic heterocycles. The maximum atomic E-state index is 4.40. The lowest BCUT2D eigenvalue weighted by molar-refractivity contribution is 0.459. The van der Waals surface area contributed by atoms with E-state index in [1.54, 1.807) is 11.0 Å². The van der Waals surface area contributed by atoms with Crippen molar-refractivity contribution in [2.75, 3.05) is 5.32 Å². The van der Waals surface area contributed by atoms with Gasteiger partial charge < -0.3 is 9.88 Å². The molecule has 0 unspecified atom stereocenters. The van der Waals surface area contributed by atoms with Crippen LogP contribution in [0.15, 0.2) is 12.5 Å². The highest BCUT2D eigenvalue weighted by Gasteiger charge is 2.24. The molecule has 0 aliphatic carbocycles. The number of rotatable bonds is 3. The van der Waals surface area contributed by atoms with Crippen LogP contribution in [0.4, 0.5) is 5.82 Å². The first-order valence-corrected chi connectivity index (χ1v) is 7.94. The summed E-state index contributed by atoms with van der Waals surface area (Å²) in [6.07, 6.45) is 5.34. The minimum absolute atomic E-state index is 0.300. The Morgan fingerprint density at radius 1 is 1.26 bits per heavy atom. The fourth-order valence-corrected chi connectivity index (χ4v) is 3.16. The second-order valence-corrected chi connectivity index (χ2v) is 6.35. The van der Waals surface area contributed by atoms with E-state index in [2.05, 4.69) is 49.0 Å². The number of hydrogen-bond acceptors (Lipinski definition) is 6. The number of hydrogen-bond donors (Lipinski definition) is 1. The molecule has 0 amide bonds. The first-order chi connectivity index (χ1) is 11.1. The SMILES string of the molecule is CC(C)c1nnc2n1C[C@H](Nc1ncnc3c1cnn3C)CC2. The van der Waals surface area contributed by atoms with Crippen molar-refractivity contribution >= 4 is 16.9 Å². The number of anilines is 1. The molecule has 0 saturated carbocycles. The number of aromatic nitrogens is 7. The Bertz CT molecular complexity index is 846. The molecule has 1 N–H and O–H groups in total. The third-order valence-electron chi connectivity index (χ3n) is 4.36. The van der Waals surface area contributed by atoms with Gasteiger partial charge in [0.2, 0.25) is 0 Å². The molecular formula is C15H20N8. The normalized spacial score (nSPS) is 17.7. The summed E-state index contributed by atoms with van der Waals surface area (Å²) >= 11 is 0. The summed E-state index contributed by atoms with van der Waals surface area (Å²) in [5.74, 6) is 3.36. The Kier molecular flexibility index (Phi) is 3.24. The summed E-state index contributed by atoms with van der Waals surface area (Å²) in [6, 6.07) is 0.300. The second-order valence-electron chi connectivity index (χ2n) is 6.35. The summed E-state index contributed by atoms with van der Waals surface area (Å²) in [4.78, 5) is 8.68. The first-order valence-electron chi connectivity index (χ1n) is 7.94. The van der Waals surface area contributed by atoms with Gasteiger partial charge in [-0.3, -0.25) is 4.68 Å². The van der Waals surface area contributed by atoms with Gasteiger partial charge in [-0.25, -0.2) is 9.97 Å². The van der Waals surface area contributed by atoms with Gasteiger partial charge in [0.15, 0.2) is 5.65 Å². The molecule has 3 aromatic rings. The Labute approximate surface area is 134 Å². The van der Waals surface area contributed by atoms with E-state index in [4.69, 9.17) is 0 Å². The molecule has 1 aliphatic heterocycles. The predicted octanol–water partition coefficient (Wildman–Crippen LogP) is 1.51. The molecule has 120 valence electrons. The highest BCUT2D eigenvalue weighted by molar-refractivity contribution is 5.86. The highest BCUT2D eigenvalue weighted by atomic mass is 15.3. The quantitative estimate of drug-likeness (QED) is 0.789. The monoisotopic (exact) mass is 312 g/mol. The maximum absolute atomic E-state index is 4.40. The lowest BCUT2D eigenvalue weighted by Gasteiger charge is -2.26. The van der Waals surface area contributed by atoms with Crippen molar-refractivity contribution in [1.82, 2.24) is 34.5 Å². The van der Waals surface area contributed by atoms with Gasteiger partial charge in [-0.15, -0.1) is 10.2 Å². The molecule has 0 radical (unpaired) electrons. The van der Waals surface area contributed by atoms with Crippen LogP contribution in [0.25, 0.3) is 11.0 Å². The van der Waals surface area contributed by atoms with Crippen LogP contribution in [0, 0.1) is 0 Å². The zero-order chi connectivity index (χ0) is 16.0. The number of nitrogens with one attached hydrogen (secondary N) is 1. The van der Waals surface area contributed by atoms with Crippen molar-refractivity contribution in [3.8, 4) is 0 Å². The molecule has 1 aliphatic rings. The molecule has 0 fully saturated rings. The second kappa shape index (κ2) is 5.29. The molecule has 0 aromatic carbocycles. The van der Waals surface area contributed by atoms with Gasteiger partial charge in [-0.2, -0.15) is 5.10 Å². The smallest absolute Gasteiger partial charge is 0.163 e. The molecule has 4 heterocycles. The topological polar surface area (TPSA) is 86.3 Å². The van der Waals surface area contributed by atoms with Crippen LogP contribution in [0.5, 0.6) is 0 Å². The Hall–Kier alpha value is -2.51. The first kappa shape index (κ1) is 14.1. The number of fused-ring (bicyclic) bond motifs is 2. The third-order valence-corrected chi connectivity index (χ3v) is 4.36. The molecule has 1 atom stereocenters. The van der Waals surface area contributed by atoms with Gasteiger partial charge in [0.1, 0.15) is 23.8 Å². The summed E-state index contributed by atoms with van der Waals surface area (Å²) in [5, 5.41) is 17.4. The lowest BCUT2D eigenvalue weighted by Crippen LogP contribution is -2.32. The molecule has 8 heteroatoms. The maximum Gasteiger partial charge on any atom is 0.163 e. The lowest BCUT2D eigenvalue weighted by atomic mass is 10.1. The van der Waals surface area contributed by atoms with E-state index in [1.165, 1.54) is 0 Å². The van der Waals surface area contributed by atoms with Gasteiger partial charge >= 0.3 is 0 Å². The van der Waals surface area contributed by atoms with Gasteiger partial charge in [0, 0.05) is 32.0 Å². The van der Waals surface area contributed by atoms with Crippen LogP contribution >= 0.6 is 0 Å². The number of aryl methyl sites for hydroxylation is 2. The van der Waals surface area contributed by atoms with Crippen LogP contribution in [0.1, 0.15) is 37.8 Å². The molecular weight excluding hydrogens is 292 g/mol. The van der Waals surface area contributed by atoms with E-state index in [0.717, 1.165) is 47.9 Å². The van der Waals surface area contributed by atoms with Crippen LogP contribution in [-0.4, -0.2) is 40.6 Å². The van der Waals surface area contributed by atoms with E-state index < -0.39 is 0 Å². The van der Waals surface area contributed by atoms with Crippen LogP contribution in [0.3, 0.4) is 0 Å². The third kappa shape index (κ3) is 2.34. The molecule has 8 nitrogen and oxygen atoms in total. The summed E-state index contributed by atoms with van der Waals surface area (Å²) in [6.45, 7) is 5.16. The van der Waals surface area contributed by atoms with Gasteiger partial charge in [-0.1, -0.05) is 13.8 Å². The Morgan fingerprint density at radius 2 is 2.13 bits per heavy atom. The fraction of sp³-hybridized carbons (Fsp3) is 0.533. The fourth-order valence-electron chi connectivity index (χ4n) is 3.16. The van der Waals surface area contributed by atoms with Crippen molar-refractivity contribution in [2.45, 2.75) is 45.2 Å². The summed E-state index contributed by atoms with van der Waals surface area (Å²) < 4.78 is 4.01. The van der Waals surface area contributed by atoms with E-state index in [1.807, 2.05) is 13.2 Å². The summed E-state index contributed by atoms with van der Waals surface area (Å²) in [7, 11) is 1.89. The molecule has 0 spiro atoms. The average Bonchev–Trinajstić information content (AvgIpc) is 3.12. The van der Waals surface area contributed by atoms with E-state index in [0.29, 0.717) is 12.0 Å². The van der Waals surface area contributed by atoms with E-state index >= 15 is 0 Å². The number of nitrogens with zero attached hydrogens (tertiary/aromatic N) is 7. The highest BCUT2D eigenvalue weighted by Crippen LogP contribution is 2.24. The van der Waals surface area contributed by atoms with Crippen molar-refractivity contribution in [1.29, 1.82) is 0 Å². The predicted molar refractivity (Wildman–Crippen MR) is 86.1 cm³/mol. The molecule has 0 saturated heterocycles. The van der Waals surface area contributed by atoms with Gasteiger partial charge in [-0.05, 0) is 6.42 Å². The van der Waals surface area contributed by atoms with E-state index in [9.17, 15) is 0 Å². The van der Waals surface area contributed by atoms with Crippen molar-refractivity contribution in [3.63, 3.8) is 0 Å². The minimum Gasteiger partial charge on any atom is -0.365 e. The standard InChI is InChI=1S/C15H20N8/c1-9(2)14-21-20-12-5-4-10(7-23(12)14)19-13-11-6-18-22(3)15(11)17-8-16-13/h6,8-10H,4-5,7H2,1-3H3,(H,16,17,19)/t10-/m1/s1. The van der Waals surface area contributed by atoms with Crippen molar-refractivity contribution in [3.05, 3.63) is 24.2 Å². The molecule has 4 rings (SSSR count). The van der Waals surface area contributed by atoms with Crippen LogP contribution < -0.4 is 5.32 Å². The molecule has 23 heavy (non-hydrogen) atoms. The van der Waals surface area contributed by atoms with Crippen LogP contribution in [-0.2, 0) is 20.0 Å². The Balaban J connectivity index is 1.61. The van der Waals surface area contributed by atoms with Crippen LogP contribution in [0.2, 0.25) is 0 Å². The summed E-state index contributed by atoms with van der Waals surface area (Å²) in [5.41, 5.74) is 0.839. The van der Waals surface area contributed by atoms with E-state index in [-0.39, 0.29) is 0 Å². The Morgan fingerprint density at radius 3 is 2.96 bits per heavy atom. The zero-order valence-electron chi connectivity index (χ0n) is 13.6. The minimum atomic E-state index is 0.300. The van der Waals surface area contributed by atoms with Crippen molar-refractivity contribution < 1.29 is 0 Å². The van der Waals surface area contributed by atoms with Crippen molar-refractivity contribution in [2.24, 2.45) is 7.05 Å².